The molecule has 0 spiro atoms. The molecule has 4 N–H and O–H groups in total. The Morgan fingerprint density at radius 1 is 1.53 bits per heavy atom. The van der Waals surface area contributed by atoms with Gasteiger partial charge >= 0.3 is 5.97 Å². The van der Waals surface area contributed by atoms with Gasteiger partial charge in [0.1, 0.15) is 6.04 Å². The number of allylic oxidation sites excluding steroid dienone is 1. The summed E-state index contributed by atoms with van der Waals surface area (Å²) >= 11 is 0. The molecule has 0 radical (unpaired) electrons. The molecule has 1 atom stereocenters. The molecule has 0 aromatic carbocycles. The smallest absolute Gasteiger partial charge is 0.320 e. The second kappa shape index (κ2) is 4.14. The highest BCUT2D eigenvalue weighted by molar-refractivity contribution is 6.49. The normalized spacial score (nSPS) is 18.7. The minimum atomic E-state index is -1.22. The SMILES string of the molecule is N=C1C=C(C[C@H](N)C(=O)O)C(=O)CC1=O. The number of hydrogen-bond acceptors (Lipinski definition) is 5. The monoisotopic (exact) mass is 210 g/mol. The van der Waals surface area contributed by atoms with Gasteiger partial charge in [-0.1, -0.05) is 0 Å². The zero-order valence-corrected chi connectivity index (χ0v) is 7.82. The van der Waals surface area contributed by atoms with Gasteiger partial charge < -0.3 is 10.8 Å². The zero-order chi connectivity index (χ0) is 11.6. The number of ketones is 2. The molecule has 15 heavy (non-hydrogen) atoms. The largest absolute Gasteiger partial charge is 0.480 e. The Bertz CT molecular complexity index is 384. The first-order valence-corrected chi connectivity index (χ1v) is 4.25. The number of Topliss-reactive ketones (excluding diaryl/α,β-unsaturated/α-hetero) is 2. The van der Waals surface area contributed by atoms with Gasteiger partial charge in [0.25, 0.3) is 0 Å². The molecular formula is C9H10N2O4. The Balaban J connectivity index is 2.82. The van der Waals surface area contributed by atoms with Gasteiger partial charge in [0.05, 0.1) is 12.1 Å². The first-order chi connectivity index (χ1) is 6.91. The lowest BCUT2D eigenvalue weighted by atomic mass is 9.91. The van der Waals surface area contributed by atoms with Crippen molar-refractivity contribution < 1.29 is 19.5 Å². The van der Waals surface area contributed by atoms with Crippen LogP contribution >= 0.6 is 0 Å². The van der Waals surface area contributed by atoms with Gasteiger partial charge in [0.2, 0.25) is 0 Å². The van der Waals surface area contributed by atoms with E-state index in [1.54, 1.807) is 0 Å². The van der Waals surface area contributed by atoms with Crippen molar-refractivity contribution in [3.05, 3.63) is 11.6 Å². The summed E-state index contributed by atoms with van der Waals surface area (Å²) in [5.74, 6) is -2.22. The van der Waals surface area contributed by atoms with E-state index in [2.05, 4.69) is 0 Å². The molecule has 6 heteroatoms. The van der Waals surface area contributed by atoms with E-state index in [4.69, 9.17) is 16.2 Å². The van der Waals surface area contributed by atoms with Gasteiger partial charge in [-0.2, -0.15) is 0 Å². The number of rotatable bonds is 3. The molecule has 6 nitrogen and oxygen atoms in total. The lowest BCUT2D eigenvalue weighted by Crippen LogP contribution is -2.33. The first kappa shape index (κ1) is 11.3. The second-order valence-corrected chi connectivity index (χ2v) is 3.26. The number of carboxylic acids is 1. The van der Waals surface area contributed by atoms with Crippen molar-refractivity contribution in [2.75, 3.05) is 0 Å². The molecule has 0 saturated heterocycles. The van der Waals surface area contributed by atoms with E-state index < -0.39 is 23.6 Å². The third-order valence-electron chi connectivity index (χ3n) is 2.06. The number of nitrogens with one attached hydrogen (secondary N) is 1. The fraction of sp³-hybridized carbons (Fsp3) is 0.333. The summed E-state index contributed by atoms with van der Waals surface area (Å²) < 4.78 is 0. The number of carbonyl (C=O) groups is 3. The van der Waals surface area contributed by atoms with E-state index in [9.17, 15) is 14.4 Å². The fourth-order valence-electron chi connectivity index (χ4n) is 1.19. The number of aliphatic carboxylic acids is 1. The maximum atomic E-state index is 11.3. The topological polar surface area (TPSA) is 121 Å². The zero-order valence-electron chi connectivity index (χ0n) is 7.82. The van der Waals surface area contributed by atoms with Crippen molar-refractivity contribution in [1.29, 1.82) is 5.41 Å². The van der Waals surface area contributed by atoms with Crippen LogP contribution in [0, 0.1) is 5.41 Å². The predicted octanol–water partition coefficient (Wildman–Crippen LogP) is -0.724. The van der Waals surface area contributed by atoms with Gasteiger partial charge in [-0.3, -0.25) is 19.8 Å². The lowest BCUT2D eigenvalue weighted by Gasteiger charge is -2.13. The standard InChI is InChI=1S/C9H10N2O4/c10-5-1-4(2-6(11)9(14)15)7(12)3-8(5)13/h1,6,10H,2-3,11H2,(H,14,15)/t6-/m0/s1. The summed E-state index contributed by atoms with van der Waals surface area (Å²) in [6.07, 6.45) is 0.581. The van der Waals surface area contributed by atoms with Crippen molar-refractivity contribution >= 4 is 23.2 Å². The first-order valence-electron chi connectivity index (χ1n) is 4.25. The summed E-state index contributed by atoms with van der Waals surface area (Å²) in [5.41, 5.74) is 5.10. The van der Waals surface area contributed by atoms with E-state index >= 15 is 0 Å². The van der Waals surface area contributed by atoms with Crippen LogP contribution in [0.1, 0.15) is 12.8 Å². The quantitative estimate of drug-likeness (QED) is 0.530. The molecule has 1 aliphatic carbocycles. The Labute approximate surface area is 85.3 Å². The van der Waals surface area contributed by atoms with E-state index in [-0.39, 0.29) is 24.1 Å². The highest BCUT2D eigenvalue weighted by Gasteiger charge is 2.26. The second-order valence-electron chi connectivity index (χ2n) is 3.26. The third-order valence-corrected chi connectivity index (χ3v) is 2.06. The van der Waals surface area contributed by atoms with Gasteiger partial charge in [0, 0.05) is 6.42 Å². The molecule has 0 aromatic heterocycles. The molecule has 0 fully saturated rings. The average Bonchev–Trinajstić information content (AvgIpc) is 2.13. The van der Waals surface area contributed by atoms with Crippen LogP contribution < -0.4 is 5.73 Å². The van der Waals surface area contributed by atoms with Crippen LogP contribution in [-0.4, -0.2) is 34.4 Å². The fourth-order valence-corrected chi connectivity index (χ4v) is 1.19. The molecule has 1 aliphatic rings. The number of carboxylic acid groups (broad SMARTS) is 1. The summed E-state index contributed by atoms with van der Waals surface area (Å²) in [4.78, 5) is 32.6. The summed E-state index contributed by atoms with van der Waals surface area (Å²) in [7, 11) is 0. The van der Waals surface area contributed by atoms with Crippen LogP contribution in [0.25, 0.3) is 0 Å². The summed E-state index contributed by atoms with van der Waals surface area (Å²) in [6.45, 7) is 0. The molecular weight excluding hydrogens is 200 g/mol. The van der Waals surface area contributed by atoms with Crippen LogP contribution in [-0.2, 0) is 14.4 Å². The summed E-state index contributed by atoms with van der Waals surface area (Å²) in [6, 6.07) is -1.18. The molecule has 0 heterocycles. The van der Waals surface area contributed by atoms with E-state index in [1.807, 2.05) is 0 Å². The van der Waals surface area contributed by atoms with Crippen molar-refractivity contribution in [3.8, 4) is 0 Å². The molecule has 0 saturated carbocycles. The van der Waals surface area contributed by atoms with Crippen molar-refractivity contribution in [1.82, 2.24) is 0 Å². The van der Waals surface area contributed by atoms with Crippen LogP contribution in [0.4, 0.5) is 0 Å². The molecule has 1 rings (SSSR count). The molecule has 0 unspecified atom stereocenters. The average molecular weight is 210 g/mol. The Morgan fingerprint density at radius 3 is 2.67 bits per heavy atom. The van der Waals surface area contributed by atoms with Gasteiger partial charge in [0.15, 0.2) is 11.6 Å². The molecule has 0 aromatic rings. The maximum Gasteiger partial charge on any atom is 0.320 e. The minimum Gasteiger partial charge on any atom is -0.480 e. The van der Waals surface area contributed by atoms with Crippen molar-refractivity contribution in [2.24, 2.45) is 5.73 Å². The molecule has 0 aliphatic heterocycles. The molecule has 0 bridgehead atoms. The van der Waals surface area contributed by atoms with Gasteiger partial charge in [-0.25, -0.2) is 0 Å². The minimum absolute atomic E-state index is 0.134. The molecule has 80 valence electrons. The number of nitrogens with two attached hydrogens (primary N) is 1. The van der Waals surface area contributed by atoms with Gasteiger partial charge in [-0.15, -0.1) is 0 Å². The van der Waals surface area contributed by atoms with Gasteiger partial charge in [-0.05, 0) is 11.6 Å². The maximum absolute atomic E-state index is 11.3. The van der Waals surface area contributed by atoms with Crippen LogP contribution in [0.2, 0.25) is 0 Å². The van der Waals surface area contributed by atoms with Crippen LogP contribution in [0.15, 0.2) is 11.6 Å². The highest BCUT2D eigenvalue weighted by atomic mass is 16.4. The van der Waals surface area contributed by atoms with E-state index in [1.165, 1.54) is 0 Å². The van der Waals surface area contributed by atoms with Crippen molar-refractivity contribution in [2.45, 2.75) is 18.9 Å². The highest BCUT2D eigenvalue weighted by Crippen LogP contribution is 2.14. The van der Waals surface area contributed by atoms with Crippen molar-refractivity contribution in [3.63, 3.8) is 0 Å². The number of hydrogen-bond donors (Lipinski definition) is 3. The van der Waals surface area contributed by atoms with Crippen LogP contribution in [0.3, 0.4) is 0 Å². The predicted molar refractivity (Wildman–Crippen MR) is 50.7 cm³/mol. The van der Waals surface area contributed by atoms with E-state index in [0.29, 0.717) is 0 Å². The number of carbonyl (C=O) groups excluding carboxylic acids is 2. The lowest BCUT2D eigenvalue weighted by molar-refractivity contribution is -0.138. The van der Waals surface area contributed by atoms with E-state index in [0.717, 1.165) is 6.08 Å². The summed E-state index contributed by atoms with van der Waals surface area (Å²) in [5, 5.41) is 15.7. The third kappa shape index (κ3) is 2.57. The molecule has 0 amide bonds. The Hall–Kier alpha value is -1.82. The Morgan fingerprint density at radius 2 is 2.13 bits per heavy atom. The van der Waals surface area contributed by atoms with Crippen LogP contribution in [0.5, 0.6) is 0 Å². The Kier molecular flexibility index (Phi) is 3.11.